The van der Waals surface area contributed by atoms with E-state index < -0.39 is 9.84 Å². The molecule has 18 heavy (non-hydrogen) atoms. The van der Waals surface area contributed by atoms with E-state index in [1.165, 1.54) is 11.8 Å². The third-order valence-electron chi connectivity index (χ3n) is 4.19. The fourth-order valence-electron chi connectivity index (χ4n) is 3.30. The van der Waals surface area contributed by atoms with Gasteiger partial charge in [-0.3, -0.25) is 4.90 Å². The Morgan fingerprint density at radius 1 is 1.17 bits per heavy atom. The number of piperidine rings is 1. The Hall–Kier alpha value is -0.870. The van der Waals surface area contributed by atoms with Crippen molar-refractivity contribution in [1.29, 1.82) is 0 Å². The fraction of sp³-hybridized carbons (Fsp3) is 0.571. The van der Waals surface area contributed by atoms with E-state index in [0.717, 1.165) is 19.6 Å². The zero-order chi connectivity index (χ0) is 12.8. The summed E-state index contributed by atoms with van der Waals surface area (Å²) in [7, 11) is -2.80. The maximum absolute atomic E-state index is 11.3. The molecule has 2 atom stereocenters. The molecule has 1 aliphatic carbocycles. The lowest BCUT2D eigenvalue weighted by Gasteiger charge is -2.19. The van der Waals surface area contributed by atoms with Crippen molar-refractivity contribution in [3.63, 3.8) is 0 Å². The molecule has 0 N–H and O–H groups in total. The van der Waals surface area contributed by atoms with Crippen molar-refractivity contribution in [3.8, 4) is 0 Å². The van der Waals surface area contributed by atoms with Crippen LogP contribution in [0, 0.1) is 17.8 Å². The molecule has 0 bridgehead atoms. The molecule has 0 radical (unpaired) electrons. The van der Waals surface area contributed by atoms with Crippen molar-refractivity contribution in [2.24, 2.45) is 17.8 Å². The first-order valence-electron chi connectivity index (χ1n) is 6.47. The van der Waals surface area contributed by atoms with Gasteiger partial charge in [-0.15, -0.1) is 0 Å². The van der Waals surface area contributed by atoms with Gasteiger partial charge in [0.15, 0.2) is 0 Å². The summed E-state index contributed by atoms with van der Waals surface area (Å²) in [6.07, 6.45) is 1.35. The second kappa shape index (κ2) is 4.35. The second-order valence-corrected chi connectivity index (χ2v) is 7.95. The van der Waals surface area contributed by atoms with Crippen molar-refractivity contribution in [1.82, 2.24) is 4.90 Å². The van der Waals surface area contributed by atoms with Gasteiger partial charge < -0.3 is 0 Å². The fourth-order valence-corrected chi connectivity index (χ4v) is 4.50. The molecule has 4 heteroatoms. The lowest BCUT2D eigenvalue weighted by atomic mass is 10.2. The van der Waals surface area contributed by atoms with Gasteiger partial charge in [0.2, 0.25) is 0 Å². The van der Waals surface area contributed by atoms with E-state index in [-0.39, 0.29) is 0 Å². The van der Waals surface area contributed by atoms with E-state index in [2.05, 4.69) is 29.2 Å². The summed E-state index contributed by atoms with van der Waals surface area (Å²) >= 11 is 0. The minimum atomic E-state index is -2.80. The summed E-state index contributed by atoms with van der Waals surface area (Å²) in [5.74, 6) is 2.08. The lowest BCUT2D eigenvalue weighted by molar-refractivity contribution is 0.282. The van der Waals surface area contributed by atoms with Crippen LogP contribution >= 0.6 is 0 Å². The third kappa shape index (κ3) is 2.59. The van der Waals surface area contributed by atoms with Crippen molar-refractivity contribution in [2.45, 2.75) is 6.54 Å². The van der Waals surface area contributed by atoms with Crippen molar-refractivity contribution in [2.75, 3.05) is 25.1 Å². The third-order valence-corrected chi connectivity index (χ3v) is 5.18. The molecule has 0 aromatic heterocycles. The highest BCUT2D eigenvalue weighted by Gasteiger charge is 2.56. The summed E-state index contributed by atoms with van der Waals surface area (Å²) < 4.78 is 22.5. The van der Waals surface area contributed by atoms with Crippen LogP contribution in [0.4, 0.5) is 0 Å². The SMILES string of the molecule is CS(=O)(=O)CC1[C@@H]2CN(Cc3ccccc3)C[C@@H]12. The van der Waals surface area contributed by atoms with Gasteiger partial charge in [0.1, 0.15) is 9.84 Å². The highest BCUT2D eigenvalue weighted by molar-refractivity contribution is 7.90. The summed E-state index contributed by atoms with van der Waals surface area (Å²) in [6, 6.07) is 10.5. The van der Waals surface area contributed by atoms with Crippen LogP contribution in [0.15, 0.2) is 30.3 Å². The van der Waals surface area contributed by atoms with E-state index in [1.54, 1.807) is 0 Å². The van der Waals surface area contributed by atoms with E-state index in [9.17, 15) is 8.42 Å². The normalized spacial score (nSPS) is 31.3. The van der Waals surface area contributed by atoms with Crippen molar-refractivity contribution < 1.29 is 8.42 Å². The monoisotopic (exact) mass is 265 g/mol. The van der Waals surface area contributed by atoms with Crippen molar-refractivity contribution >= 4 is 9.84 Å². The molecule has 0 unspecified atom stereocenters. The van der Waals surface area contributed by atoms with Gasteiger partial charge in [0, 0.05) is 25.9 Å². The molecule has 0 amide bonds. The first kappa shape index (κ1) is 12.2. The molecule has 3 rings (SSSR count). The van der Waals surface area contributed by atoms with Gasteiger partial charge in [-0.1, -0.05) is 30.3 Å². The molecule has 2 aliphatic rings. The predicted molar refractivity (Wildman–Crippen MR) is 71.9 cm³/mol. The standard InChI is InChI=1S/C14H19NO2S/c1-18(16,17)10-14-12-8-15(9-13(12)14)7-11-5-3-2-4-6-11/h2-6,12-14H,7-10H2,1H3/t12-,13-/m1/s1. The van der Waals surface area contributed by atoms with E-state index in [1.807, 2.05) is 6.07 Å². The van der Waals surface area contributed by atoms with Gasteiger partial charge in [0.05, 0.1) is 5.75 Å². The molecule has 1 saturated carbocycles. The lowest BCUT2D eigenvalue weighted by Crippen LogP contribution is -2.25. The van der Waals surface area contributed by atoms with Gasteiger partial charge in [0.25, 0.3) is 0 Å². The number of hydrogen-bond acceptors (Lipinski definition) is 3. The number of rotatable bonds is 4. The molecule has 0 spiro atoms. The minimum Gasteiger partial charge on any atom is -0.298 e. The summed E-state index contributed by atoms with van der Waals surface area (Å²) in [5, 5.41) is 0. The topological polar surface area (TPSA) is 37.4 Å². The molecule has 2 fully saturated rings. The smallest absolute Gasteiger partial charge is 0.147 e. The quantitative estimate of drug-likeness (QED) is 0.826. The van der Waals surface area contributed by atoms with Crippen LogP contribution in [0.25, 0.3) is 0 Å². The second-order valence-electron chi connectivity index (χ2n) is 5.76. The number of likely N-dealkylation sites (tertiary alicyclic amines) is 1. The summed E-state index contributed by atoms with van der Waals surface area (Å²) in [6.45, 7) is 3.14. The zero-order valence-electron chi connectivity index (χ0n) is 10.6. The Labute approximate surface area is 109 Å². The number of benzene rings is 1. The molecule has 1 aromatic carbocycles. The number of fused-ring (bicyclic) bond motifs is 1. The molecule has 98 valence electrons. The molecular weight excluding hydrogens is 246 g/mol. The maximum Gasteiger partial charge on any atom is 0.147 e. The first-order valence-corrected chi connectivity index (χ1v) is 8.53. The average molecular weight is 265 g/mol. The van der Waals surface area contributed by atoms with Crippen LogP contribution in [0.3, 0.4) is 0 Å². The summed E-state index contributed by atoms with van der Waals surface area (Å²) in [4.78, 5) is 2.45. The van der Waals surface area contributed by atoms with Crippen LogP contribution in [0.5, 0.6) is 0 Å². The van der Waals surface area contributed by atoms with E-state index in [0.29, 0.717) is 23.5 Å². The number of sulfone groups is 1. The zero-order valence-corrected chi connectivity index (χ0v) is 11.4. The predicted octanol–water partition coefficient (Wildman–Crippen LogP) is 1.41. The van der Waals surface area contributed by atoms with Gasteiger partial charge in [-0.2, -0.15) is 0 Å². The average Bonchev–Trinajstić information content (AvgIpc) is 2.73. The number of hydrogen-bond donors (Lipinski definition) is 0. The highest BCUT2D eigenvalue weighted by atomic mass is 32.2. The molecule has 3 nitrogen and oxygen atoms in total. The molecule has 1 heterocycles. The van der Waals surface area contributed by atoms with Crippen LogP contribution in [-0.4, -0.2) is 38.4 Å². The largest absolute Gasteiger partial charge is 0.298 e. The minimum absolute atomic E-state index is 0.390. The molecule has 1 saturated heterocycles. The van der Waals surface area contributed by atoms with Crippen LogP contribution in [0.1, 0.15) is 5.56 Å². The van der Waals surface area contributed by atoms with Crippen LogP contribution in [-0.2, 0) is 16.4 Å². The molecule has 1 aromatic rings. The van der Waals surface area contributed by atoms with E-state index in [4.69, 9.17) is 0 Å². The molecule has 1 aliphatic heterocycles. The van der Waals surface area contributed by atoms with Gasteiger partial charge >= 0.3 is 0 Å². The van der Waals surface area contributed by atoms with E-state index >= 15 is 0 Å². The molecular formula is C14H19NO2S. The first-order chi connectivity index (χ1) is 8.53. The van der Waals surface area contributed by atoms with Crippen LogP contribution < -0.4 is 0 Å². The Balaban J connectivity index is 1.52. The number of nitrogens with zero attached hydrogens (tertiary/aromatic N) is 1. The van der Waals surface area contributed by atoms with Gasteiger partial charge in [-0.25, -0.2) is 8.42 Å². The maximum atomic E-state index is 11.3. The highest BCUT2D eigenvalue weighted by Crippen LogP contribution is 2.52. The Kier molecular flexibility index (Phi) is 2.94. The Bertz CT molecular complexity index is 514. The van der Waals surface area contributed by atoms with Crippen LogP contribution in [0.2, 0.25) is 0 Å². The van der Waals surface area contributed by atoms with Crippen molar-refractivity contribution in [3.05, 3.63) is 35.9 Å². The summed E-state index contributed by atoms with van der Waals surface area (Å²) in [5.41, 5.74) is 1.35. The van der Waals surface area contributed by atoms with Gasteiger partial charge in [-0.05, 0) is 23.3 Å². The Morgan fingerprint density at radius 2 is 1.78 bits per heavy atom. The Morgan fingerprint density at radius 3 is 2.33 bits per heavy atom.